The van der Waals surface area contributed by atoms with Gasteiger partial charge < -0.3 is 5.32 Å². The second-order valence-electron chi connectivity index (χ2n) is 4.89. The van der Waals surface area contributed by atoms with E-state index < -0.39 is 0 Å². The molecule has 0 fully saturated rings. The Morgan fingerprint density at radius 2 is 1.71 bits per heavy atom. The molecule has 17 heavy (non-hydrogen) atoms. The van der Waals surface area contributed by atoms with Gasteiger partial charge in [0.05, 0.1) is 0 Å². The van der Waals surface area contributed by atoms with Crippen LogP contribution in [0.25, 0.3) is 0 Å². The first-order valence-electron chi connectivity index (χ1n) is 6.98. The van der Waals surface area contributed by atoms with E-state index in [-0.39, 0.29) is 0 Å². The van der Waals surface area contributed by atoms with Crippen LogP contribution < -0.4 is 5.32 Å². The Labute approximate surface area is 111 Å². The third-order valence-electron chi connectivity index (χ3n) is 3.86. The van der Waals surface area contributed by atoms with Gasteiger partial charge in [-0.2, -0.15) is 0 Å². The van der Waals surface area contributed by atoms with Crippen molar-refractivity contribution < 1.29 is 0 Å². The number of hydrogen-bond acceptors (Lipinski definition) is 2. The van der Waals surface area contributed by atoms with E-state index in [0.29, 0.717) is 5.41 Å². The molecule has 0 atom stereocenters. The van der Waals surface area contributed by atoms with Crippen LogP contribution in [-0.4, -0.2) is 13.1 Å². The largest absolute Gasteiger partial charge is 0.316 e. The minimum atomic E-state index is 0.450. The zero-order valence-electron chi connectivity index (χ0n) is 11.8. The van der Waals surface area contributed by atoms with Crippen LogP contribution in [-0.2, 0) is 12.8 Å². The van der Waals surface area contributed by atoms with Gasteiger partial charge in [0.15, 0.2) is 0 Å². The van der Waals surface area contributed by atoms with Gasteiger partial charge in [0, 0.05) is 16.3 Å². The van der Waals surface area contributed by atoms with Crippen LogP contribution in [0.2, 0.25) is 0 Å². The zero-order valence-corrected chi connectivity index (χ0v) is 12.6. The summed E-state index contributed by atoms with van der Waals surface area (Å²) in [6.07, 6.45) is 4.92. The Bertz CT molecular complexity index is 312. The van der Waals surface area contributed by atoms with E-state index in [0.717, 1.165) is 13.1 Å². The Morgan fingerprint density at radius 3 is 2.18 bits per heavy atom. The maximum absolute atomic E-state index is 3.54. The highest BCUT2D eigenvalue weighted by atomic mass is 32.1. The highest BCUT2D eigenvalue weighted by Crippen LogP contribution is 2.33. The SMILES string of the molecule is CCNCC(CC)(CC)Cc1ccc(CC)s1. The highest BCUT2D eigenvalue weighted by molar-refractivity contribution is 7.11. The molecule has 0 spiro atoms. The summed E-state index contributed by atoms with van der Waals surface area (Å²) in [4.78, 5) is 3.08. The molecule has 0 unspecified atom stereocenters. The molecule has 2 heteroatoms. The maximum Gasteiger partial charge on any atom is 0.00541 e. The Kier molecular flexibility index (Phi) is 6.21. The molecule has 1 aromatic rings. The van der Waals surface area contributed by atoms with E-state index >= 15 is 0 Å². The van der Waals surface area contributed by atoms with E-state index in [1.54, 1.807) is 4.88 Å². The molecule has 0 amide bonds. The van der Waals surface area contributed by atoms with Crippen molar-refractivity contribution in [1.29, 1.82) is 0 Å². The van der Waals surface area contributed by atoms with Gasteiger partial charge in [-0.1, -0.05) is 27.7 Å². The minimum Gasteiger partial charge on any atom is -0.316 e. The lowest BCUT2D eigenvalue weighted by Gasteiger charge is -2.31. The van der Waals surface area contributed by atoms with Gasteiger partial charge in [-0.05, 0) is 49.8 Å². The van der Waals surface area contributed by atoms with Crippen molar-refractivity contribution >= 4 is 11.3 Å². The first-order chi connectivity index (χ1) is 8.19. The van der Waals surface area contributed by atoms with Crippen molar-refractivity contribution in [3.8, 4) is 0 Å². The molecular formula is C15H27NS. The van der Waals surface area contributed by atoms with Crippen molar-refractivity contribution in [3.05, 3.63) is 21.9 Å². The second-order valence-corrected chi connectivity index (χ2v) is 6.14. The van der Waals surface area contributed by atoms with Gasteiger partial charge >= 0.3 is 0 Å². The molecule has 1 N–H and O–H groups in total. The first kappa shape index (κ1) is 14.7. The number of rotatable bonds is 8. The molecule has 0 saturated carbocycles. The number of aryl methyl sites for hydroxylation is 1. The summed E-state index contributed by atoms with van der Waals surface area (Å²) in [6, 6.07) is 4.62. The third kappa shape index (κ3) is 4.11. The summed E-state index contributed by atoms with van der Waals surface area (Å²) in [7, 11) is 0. The average Bonchev–Trinajstić information content (AvgIpc) is 2.82. The van der Waals surface area contributed by atoms with E-state index in [1.807, 2.05) is 11.3 Å². The van der Waals surface area contributed by atoms with E-state index in [9.17, 15) is 0 Å². The fraction of sp³-hybridized carbons (Fsp3) is 0.733. The summed E-state index contributed by atoms with van der Waals surface area (Å²) >= 11 is 2.00. The Hall–Kier alpha value is -0.340. The standard InChI is InChI=1S/C15H27NS/c1-5-13-9-10-14(17-13)11-15(6-2,7-3)12-16-8-4/h9-10,16H,5-8,11-12H2,1-4H3. The molecule has 0 aromatic carbocycles. The molecule has 0 aliphatic rings. The normalized spacial score (nSPS) is 12.0. The van der Waals surface area contributed by atoms with Crippen LogP contribution >= 0.6 is 11.3 Å². The second kappa shape index (κ2) is 7.17. The number of nitrogens with one attached hydrogen (secondary N) is 1. The van der Waals surface area contributed by atoms with Gasteiger partial charge in [0.2, 0.25) is 0 Å². The molecule has 0 aliphatic carbocycles. The maximum atomic E-state index is 3.54. The lowest BCUT2D eigenvalue weighted by atomic mass is 9.78. The molecular weight excluding hydrogens is 226 g/mol. The van der Waals surface area contributed by atoms with Crippen LogP contribution in [0.5, 0.6) is 0 Å². The molecule has 1 nitrogen and oxygen atoms in total. The Balaban J connectivity index is 2.70. The molecule has 0 aliphatic heterocycles. The average molecular weight is 253 g/mol. The van der Waals surface area contributed by atoms with Gasteiger partial charge in [-0.15, -0.1) is 11.3 Å². The summed E-state index contributed by atoms with van der Waals surface area (Å²) < 4.78 is 0. The lowest BCUT2D eigenvalue weighted by molar-refractivity contribution is 0.250. The lowest BCUT2D eigenvalue weighted by Crippen LogP contribution is -2.35. The quantitative estimate of drug-likeness (QED) is 0.729. The minimum absolute atomic E-state index is 0.450. The predicted octanol–water partition coefficient (Wildman–Crippen LogP) is 4.27. The summed E-state index contributed by atoms with van der Waals surface area (Å²) in [6.45, 7) is 11.3. The van der Waals surface area contributed by atoms with Crippen molar-refractivity contribution in [3.63, 3.8) is 0 Å². The van der Waals surface area contributed by atoms with Crippen LogP contribution in [0, 0.1) is 5.41 Å². The van der Waals surface area contributed by atoms with Gasteiger partial charge in [-0.3, -0.25) is 0 Å². The van der Waals surface area contributed by atoms with Gasteiger partial charge in [0.25, 0.3) is 0 Å². The molecule has 0 radical (unpaired) electrons. The molecule has 0 bridgehead atoms. The highest BCUT2D eigenvalue weighted by Gasteiger charge is 2.26. The molecule has 1 heterocycles. The van der Waals surface area contributed by atoms with Crippen LogP contribution in [0.1, 0.15) is 50.3 Å². The predicted molar refractivity (Wildman–Crippen MR) is 79.0 cm³/mol. The third-order valence-corrected chi connectivity index (χ3v) is 5.09. The van der Waals surface area contributed by atoms with E-state index in [2.05, 4.69) is 45.1 Å². The Morgan fingerprint density at radius 1 is 1.06 bits per heavy atom. The molecule has 1 aromatic heterocycles. The summed E-state index contributed by atoms with van der Waals surface area (Å²) in [5.74, 6) is 0. The number of hydrogen-bond donors (Lipinski definition) is 1. The van der Waals surface area contributed by atoms with Gasteiger partial charge in [-0.25, -0.2) is 0 Å². The zero-order chi connectivity index (χ0) is 12.7. The van der Waals surface area contributed by atoms with Crippen molar-refractivity contribution in [2.24, 2.45) is 5.41 Å². The smallest absolute Gasteiger partial charge is 0.00541 e. The van der Waals surface area contributed by atoms with Crippen molar-refractivity contribution in [2.75, 3.05) is 13.1 Å². The topological polar surface area (TPSA) is 12.0 Å². The molecule has 98 valence electrons. The van der Waals surface area contributed by atoms with Crippen molar-refractivity contribution in [1.82, 2.24) is 5.32 Å². The van der Waals surface area contributed by atoms with Gasteiger partial charge in [0.1, 0.15) is 0 Å². The fourth-order valence-electron chi connectivity index (χ4n) is 2.28. The monoisotopic (exact) mass is 253 g/mol. The van der Waals surface area contributed by atoms with Crippen molar-refractivity contribution in [2.45, 2.75) is 53.4 Å². The van der Waals surface area contributed by atoms with Crippen LogP contribution in [0.4, 0.5) is 0 Å². The van der Waals surface area contributed by atoms with Crippen LogP contribution in [0.3, 0.4) is 0 Å². The summed E-state index contributed by atoms with van der Waals surface area (Å²) in [5.41, 5.74) is 0.450. The van der Waals surface area contributed by atoms with Crippen LogP contribution in [0.15, 0.2) is 12.1 Å². The molecule has 1 rings (SSSR count). The van der Waals surface area contributed by atoms with E-state index in [1.165, 1.54) is 30.6 Å². The first-order valence-corrected chi connectivity index (χ1v) is 7.79. The number of thiophene rings is 1. The molecule has 0 saturated heterocycles. The summed E-state index contributed by atoms with van der Waals surface area (Å²) in [5, 5.41) is 3.54. The van der Waals surface area contributed by atoms with E-state index in [4.69, 9.17) is 0 Å². The fourth-order valence-corrected chi connectivity index (χ4v) is 3.41.